The van der Waals surface area contributed by atoms with Gasteiger partial charge in [0, 0.05) is 39.3 Å². The summed E-state index contributed by atoms with van der Waals surface area (Å²) in [6, 6.07) is 8.31. The molecule has 5 heteroatoms. The molecule has 1 aliphatic heterocycles. The number of rotatable bonds is 6. The van der Waals surface area contributed by atoms with E-state index < -0.39 is 0 Å². The molecule has 1 aromatic carbocycles. The average Bonchev–Trinajstić information content (AvgIpc) is 2.58. The first kappa shape index (κ1) is 16.6. The molecule has 0 unspecified atom stereocenters. The number of hydrogen-bond donors (Lipinski definition) is 1. The number of nitrogens with zero attached hydrogens (tertiary/aromatic N) is 2. The maximum absolute atomic E-state index is 11.9. The van der Waals surface area contributed by atoms with Gasteiger partial charge >= 0.3 is 6.03 Å². The summed E-state index contributed by atoms with van der Waals surface area (Å²) < 4.78 is 5.25. The Morgan fingerprint density at radius 3 is 2.73 bits per heavy atom. The molecular weight excluding hydrogens is 278 g/mol. The molecule has 1 heterocycles. The number of amides is 2. The third-order valence-corrected chi connectivity index (χ3v) is 4.04. The Balaban J connectivity index is 1.72. The molecule has 5 nitrogen and oxygen atoms in total. The van der Waals surface area contributed by atoms with Gasteiger partial charge in [-0.2, -0.15) is 0 Å². The molecule has 0 spiro atoms. The number of methoxy groups -OCH3 is 1. The van der Waals surface area contributed by atoms with E-state index in [-0.39, 0.29) is 6.03 Å². The van der Waals surface area contributed by atoms with Crippen LogP contribution < -0.4 is 10.1 Å². The van der Waals surface area contributed by atoms with Crippen molar-refractivity contribution >= 4 is 6.03 Å². The van der Waals surface area contributed by atoms with E-state index in [9.17, 15) is 4.79 Å². The molecule has 0 atom stereocenters. The van der Waals surface area contributed by atoms with Crippen LogP contribution in [-0.4, -0.2) is 62.2 Å². The molecule has 2 amide bonds. The van der Waals surface area contributed by atoms with E-state index in [1.54, 1.807) is 7.11 Å². The molecule has 1 N–H and O–H groups in total. The molecule has 22 heavy (non-hydrogen) atoms. The summed E-state index contributed by atoms with van der Waals surface area (Å²) in [5.74, 6) is 0.912. The fourth-order valence-corrected chi connectivity index (χ4v) is 2.63. The van der Waals surface area contributed by atoms with E-state index >= 15 is 0 Å². The van der Waals surface area contributed by atoms with Gasteiger partial charge in [0.05, 0.1) is 7.11 Å². The SMILES string of the molecule is CCCNC(=O)N1CCN(CCc2cccc(OC)c2)CC1. The molecule has 0 aromatic heterocycles. The predicted molar refractivity (Wildman–Crippen MR) is 88.4 cm³/mol. The van der Waals surface area contributed by atoms with Crippen molar-refractivity contribution in [1.82, 2.24) is 15.1 Å². The van der Waals surface area contributed by atoms with Crippen molar-refractivity contribution in [3.63, 3.8) is 0 Å². The third kappa shape index (κ3) is 4.91. The second-order valence-corrected chi connectivity index (χ2v) is 5.66. The highest BCUT2D eigenvalue weighted by atomic mass is 16.5. The summed E-state index contributed by atoms with van der Waals surface area (Å²) >= 11 is 0. The van der Waals surface area contributed by atoms with Gasteiger partial charge in [-0.15, -0.1) is 0 Å². The summed E-state index contributed by atoms with van der Waals surface area (Å²) in [6.45, 7) is 7.37. The normalized spacial score (nSPS) is 15.6. The molecular formula is C17H27N3O2. The summed E-state index contributed by atoms with van der Waals surface area (Å²) in [4.78, 5) is 16.2. The highest BCUT2D eigenvalue weighted by Gasteiger charge is 2.20. The van der Waals surface area contributed by atoms with Crippen molar-refractivity contribution in [2.75, 3.05) is 46.4 Å². The maximum Gasteiger partial charge on any atom is 0.317 e. The lowest BCUT2D eigenvalue weighted by Gasteiger charge is -2.34. The second kappa shape index (κ2) is 8.63. The maximum atomic E-state index is 11.9. The molecule has 0 aliphatic carbocycles. The van der Waals surface area contributed by atoms with Crippen molar-refractivity contribution in [3.05, 3.63) is 29.8 Å². The van der Waals surface area contributed by atoms with Crippen LogP contribution in [0.3, 0.4) is 0 Å². The van der Waals surface area contributed by atoms with Crippen LogP contribution in [0.1, 0.15) is 18.9 Å². The van der Waals surface area contributed by atoms with E-state index in [4.69, 9.17) is 4.74 Å². The van der Waals surface area contributed by atoms with Crippen molar-refractivity contribution in [2.24, 2.45) is 0 Å². The van der Waals surface area contributed by atoms with Crippen LogP contribution in [0.4, 0.5) is 4.79 Å². The predicted octanol–water partition coefficient (Wildman–Crippen LogP) is 1.97. The van der Waals surface area contributed by atoms with Crippen LogP contribution in [-0.2, 0) is 6.42 Å². The first-order valence-electron chi connectivity index (χ1n) is 8.11. The van der Waals surface area contributed by atoms with Crippen LogP contribution in [0.2, 0.25) is 0 Å². The Morgan fingerprint density at radius 1 is 1.27 bits per heavy atom. The quantitative estimate of drug-likeness (QED) is 0.874. The van der Waals surface area contributed by atoms with Gasteiger partial charge in [-0.05, 0) is 30.5 Å². The largest absolute Gasteiger partial charge is 0.497 e. The fraction of sp³-hybridized carbons (Fsp3) is 0.588. The number of carbonyl (C=O) groups excluding carboxylic acids is 1. The zero-order valence-corrected chi connectivity index (χ0v) is 13.7. The van der Waals surface area contributed by atoms with Crippen molar-refractivity contribution < 1.29 is 9.53 Å². The molecule has 1 aliphatic rings. The Morgan fingerprint density at radius 2 is 2.05 bits per heavy atom. The first-order valence-corrected chi connectivity index (χ1v) is 8.11. The van der Waals surface area contributed by atoms with E-state index in [2.05, 4.69) is 29.3 Å². The number of ether oxygens (including phenoxy) is 1. The van der Waals surface area contributed by atoms with Crippen LogP contribution in [0.15, 0.2) is 24.3 Å². The van der Waals surface area contributed by atoms with Crippen LogP contribution in [0, 0.1) is 0 Å². The fourth-order valence-electron chi connectivity index (χ4n) is 2.63. The molecule has 0 bridgehead atoms. The number of carbonyl (C=O) groups is 1. The van der Waals surface area contributed by atoms with Crippen LogP contribution >= 0.6 is 0 Å². The van der Waals surface area contributed by atoms with E-state index in [0.717, 1.165) is 57.9 Å². The van der Waals surface area contributed by atoms with Crippen molar-refractivity contribution in [3.8, 4) is 5.75 Å². The molecule has 1 fully saturated rings. The third-order valence-electron chi connectivity index (χ3n) is 4.04. The molecule has 1 aromatic rings. The minimum atomic E-state index is 0.0781. The average molecular weight is 305 g/mol. The Hall–Kier alpha value is -1.75. The minimum absolute atomic E-state index is 0.0781. The van der Waals surface area contributed by atoms with Gasteiger partial charge in [-0.25, -0.2) is 4.79 Å². The molecule has 2 rings (SSSR count). The van der Waals surface area contributed by atoms with Crippen molar-refractivity contribution in [2.45, 2.75) is 19.8 Å². The monoisotopic (exact) mass is 305 g/mol. The Kier molecular flexibility index (Phi) is 6.52. The van der Waals surface area contributed by atoms with Crippen LogP contribution in [0.25, 0.3) is 0 Å². The molecule has 0 radical (unpaired) electrons. The smallest absolute Gasteiger partial charge is 0.317 e. The molecule has 122 valence electrons. The number of piperazine rings is 1. The van der Waals surface area contributed by atoms with E-state index in [1.165, 1.54) is 5.56 Å². The first-order chi connectivity index (χ1) is 10.7. The lowest BCUT2D eigenvalue weighted by Crippen LogP contribution is -2.52. The highest BCUT2D eigenvalue weighted by molar-refractivity contribution is 5.74. The standard InChI is InChI=1S/C17H27N3O2/c1-3-8-18-17(21)20-12-10-19(11-13-20)9-7-15-5-4-6-16(14-15)22-2/h4-6,14H,3,7-13H2,1-2H3,(H,18,21). The highest BCUT2D eigenvalue weighted by Crippen LogP contribution is 2.13. The summed E-state index contributed by atoms with van der Waals surface area (Å²) in [7, 11) is 1.70. The Labute approximate surface area is 133 Å². The van der Waals surface area contributed by atoms with Gasteiger partial charge in [0.1, 0.15) is 5.75 Å². The lowest BCUT2D eigenvalue weighted by atomic mass is 10.1. The van der Waals surface area contributed by atoms with Crippen molar-refractivity contribution in [1.29, 1.82) is 0 Å². The number of benzene rings is 1. The second-order valence-electron chi connectivity index (χ2n) is 5.66. The van der Waals surface area contributed by atoms with Gasteiger partial charge in [0.25, 0.3) is 0 Å². The number of hydrogen-bond acceptors (Lipinski definition) is 3. The van der Waals surface area contributed by atoms with E-state index in [0.29, 0.717) is 0 Å². The van der Waals surface area contributed by atoms with Gasteiger partial charge in [0.15, 0.2) is 0 Å². The van der Waals surface area contributed by atoms with E-state index in [1.807, 2.05) is 17.0 Å². The summed E-state index contributed by atoms with van der Waals surface area (Å²) in [5, 5.41) is 2.94. The number of urea groups is 1. The van der Waals surface area contributed by atoms with Gasteiger partial charge in [0.2, 0.25) is 0 Å². The topological polar surface area (TPSA) is 44.8 Å². The van der Waals surface area contributed by atoms with Gasteiger partial charge in [-0.3, -0.25) is 4.90 Å². The lowest BCUT2D eigenvalue weighted by molar-refractivity contribution is 0.140. The van der Waals surface area contributed by atoms with Gasteiger partial charge in [-0.1, -0.05) is 19.1 Å². The summed E-state index contributed by atoms with van der Waals surface area (Å²) in [6.07, 6.45) is 1.99. The number of nitrogens with one attached hydrogen (secondary N) is 1. The Bertz CT molecular complexity index is 471. The minimum Gasteiger partial charge on any atom is -0.497 e. The zero-order valence-electron chi connectivity index (χ0n) is 13.7. The van der Waals surface area contributed by atoms with Crippen LogP contribution in [0.5, 0.6) is 5.75 Å². The molecule has 1 saturated heterocycles. The summed E-state index contributed by atoms with van der Waals surface area (Å²) in [5.41, 5.74) is 1.29. The zero-order chi connectivity index (χ0) is 15.8. The van der Waals surface area contributed by atoms with Gasteiger partial charge < -0.3 is 15.0 Å². The molecule has 0 saturated carbocycles.